The van der Waals surface area contributed by atoms with E-state index >= 15 is 0 Å². The molecule has 0 saturated heterocycles. The number of hydrogen-bond acceptors (Lipinski definition) is 4. The van der Waals surface area contributed by atoms with E-state index in [-0.39, 0.29) is 17.1 Å². The Morgan fingerprint density at radius 3 is 2.43 bits per heavy atom. The quantitative estimate of drug-likeness (QED) is 0.649. The Bertz CT molecular complexity index is 844. The van der Waals surface area contributed by atoms with Crippen molar-refractivity contribution in [1.82, 2.24) is 0 Å². The van der Waals surface area contributed by atoms with E-state index in [2.05, 4.69) is 15.9 Å². The zero-order valence-corrected chi connectivity index (χ0v) is 13.5. The van der Waals surface area contributed by atoms with Crippen LogP contribution in [0.5, 0.6) is 0 Å². The molecular formula is C17H12BrNO4. The van der Waals surface area contributed by atoms with Crippen LogP contribution >= 0.6 is 15.9 Å². The van der Waals surface area contributed by atoms with Crippen molar-refractivity contribution in [2.24, 2.45) is 0 Å². The van der Waals surface area contributed by atoms with Crippen LogP contribution in [0.25, 0.3) is 5.76 Å². The van der Waals surface area contributed by atoms with E-state index in [1.807, 2.05) is 0 Å². The number of aliphatic hydroxyl groups excluding tert-OH is 1. The molecule has 0 fully saturated rings. The zero-order valence-electron chi connectivity index (χ0n) is 11.9. The second-order valence-electron chi connectivity index (χ2n) is 5.26. The summed E-state index contributed by atoms with van der Waals surface area (Å²) in [4.78, 5) is 23.3. The maximum absolute atomic E-state index is 12.6. The van der Waals surface area contributed by atoms with Gasteiger partial charge in [0.2, 0.25) is 6.54 Å². The van der Waals surface area contributed by atoms with Crippen molar-refractivity contribution in [3.05, 3.63) is 85.4 Å². The van der Waals surface area contributed by atoms with Gasteiger partial charge in [0.05, 0.1) is 11.5 Å². The van der Waals surface area contributed by atoms with E-state index in [9.17, 15) is 20.0 Å². The lowest BCUT2D eigenvalue weighted by Crippen LogP contribution is -2.18. The number of halogens is 1. The molecule has 1 N–H and O–H groups in total. The molecule has 0 bridgehead atoms. The van der Waals surface area contributed by atoms with Crippen LogP contribution in [0.1, 0.15) is 27.4 Å². The van der Waals surface area contributed by atoms with Gasteiger partial charge >= 0.3 is 0 Å². The summed E-state index contributed by atoms with van der Waals surface area (Å²) >= 11 is 3.33. The minimum Gasteiger partial charge on any atom is -0.507 e. The Balaban J connectivity index is 2.13. The maximum atomic E-state index is 12.6. The second kappa shape index (κ2) is 5.96. The van der Waals surface area contributed by atoms with Crippen LogP contribution in [-0.4, -0.2) is 22.4 Å². The van der Waals surface area contributed by atoms with Crippen LogP contribution in [-0.2, 0) is 0 Å². The minimum absolute atomic E-state index is 0.0843. The lowest BCUT2D eigenvalue weighted by Gasteiger charge is -2.15. The number of carbonyl (C=O) groups is 1. The molecule has 0 aliphatic heterocycles. The maximum Gasteiger partial charge on any atom is 0.214 e. The topological polar surface area (TPSA) is 80.4 Å². The van der Waals surface area contributed by atoms with Crippen LogP contribution in [0.15, 0.2) is 58.6 Å². The summed E-state index contributed by atoms with van der Waals surface area (Å²) < 4.78 is 0.756. The standard InChI is InChI=1S/C17H12BrNO4/c18-11-5-3-4-10(8-11)14(9-19(22)23)15-16(20)12-6-1-2-7-13(12)17(15)21/h1-8,14,20H,9H2/t14-/m0/s1. The first kappa shape index (κ1) is 15.4. The van der Waals surface area contributed by atoms with Crippen LogP contribution in [0.3, 0.4) is 0 Å². The van der Waals surface area contributed by atoms with Gasteiger partial charge in [0.25, 0.3) is 0 Å². The Morgan fingerprint density at radius 2 is 1.83 bits per heavy atom. The summed E-state index contributed by atoms with van der Waals surface area (Å²) in [7, 11) is 0. The number of hydrogen-bond donors (Lipinski definition) is 1. The van der Waals surface area contributed by atoms with Crippen LogP contribution in [0.4, 0.5) is 0 Å². The number of nitrogens with zero attached hydrogens (tertiary/aromatic N) is 1. The number of carbonyl (C=O) groups excluding carboxylic acids is 1. The molecule has 1 aliphatic rings. The van der Waals surface area contributed by atoms with Gasteiger partial charge in [-0.15, -0.1) is 0 Å². The molecule has 0 radical (unpaired) electrons. The van der Waals surface area contributed by atoms with E-state index in [1.54, 1.807) is 48.5 Å². The molecule has 3 rings (SSSR count). The first-order valence-electron chi connectivity index (χ1n) is 6.93. The van der Waals surface area contributed by atoms with Crippen molar-refractivity contribution in [3.8, 4) is 0 Å². The number of benzene rings is 2. The first-order valence-corrected chi connectivity index (χ1v) is 7.73. The number of rotatable bonds is 4. The summed E-state index contributed by atoms with van der Waals surface area (Å²) in [5, 5.41) is 21.5. The highest BCUT2D eigenvalue weighted by Gasteiger charge is 2.37. The number of fused-ring (bicyclic) bond motifs is 1. The van der Waals surface area contributed by atoms with E-state index in [1.165, 1.54) is 0 Å². The SMILES string of the molecule is O=C1C([C@@H](C[N+](=O)[O-])c2cccc(Br)c2)=C(O)c2ccccc21. The molecule has 5 nitrogen and oxygen atoms in total. The largest absolute Gasteiger partial charge is 0.507 e. The summed E-state index contributed by atoms with van der Waals surface area (Å²) in [5.74, 6) is -1.33. The highest BCUT2D eigenvalue weighted by molar-refractivity contribution is 9.10. The average molecular weight is 374 g/mol. The molecule has 2 aromatic rings. The number of ketones is 1. The van der Waals surface area contributed by atoms with E-state index in [0.29, 0.717) is 16.7 Å². The fourth-order valence-electron chi connectivity index (χ4n) is 2.84. The van der Waals surface area contributed by atoms with Crippen molar-refractivity contribution in [2.45, 2.75) is 5.92 Å². The normalized spacial score (nSPS) is 14.7. The monoisotopic (exact) mass is 373 g/mol. The number of Topliss-reactive ketones (excluding diaryl/α,β-unsaturated/α-hetero) is 1. The fraction of sp³-hybridized carbons (Fsp3) is 0.118. The molecule has 0 saturated carbocycles. The lowest BCUT2D eigenvalue weighted by molar-refractivity contribution is -0.481. The Hall–Kier alpha value is -2.47. The van der Waals surface area contributed by atoms with Crippen molar-refractivity contribution in [3.63, 3.8) is 0 Å². The Morgan fingerprint density at radius 1 is 1.13 bits per heavy atom. The molecule has 1 aliphatic carbocycles. The van der Waals surface area contributed by atoms with Gasteiger partial charge in [-0.2, -0.15) is 0 Å². The molecule has 23 heavy (non-hydrogen) atoms. The molecule has 0 spiro atoms. The number of aliphatic hydroxyl groups is 1. The molecule has 0 heterocycles. The zero-order chi connectivity index (χ0) is 16.6. The molecule has 1 atom stereocenters. The van der Waals surface area contributed by atoms with Crippen molar-refractivity contribution in [2.75, 3.05) is 6.54 Å². The van der Waals surface area contributed by atoms with Gasteiger partial charge in [0, 0.05) is 20.5 Å². The molecule has 6 heteroatoms. The van der Waals surface area contributed by atoms with Gasteiger partial charge in [-0.05, 0) is 17.7 Å². The fourth-order valence-corrected chi connectivity index (χ4v) is 3.26. The molecule has 2 aromatic carbocycles. The summed E-state index contributed by atoms with van der Waals surface area (Å²) in [5.41, 5.74) is 1.50. The summed E-state index contributed by atoms with van der Waals surface area (Å²) in [6, 6.07) is 13.7. The van der Waals surface area contributed by atoms with Crippen LogP contribution in [0.2, 0.25) is 0 Å². The van der Waals surface area contributed by atoms with E-state index in [4.69, 9.17) is 0 Å². The predicted molar refractivity (Wildman–Crippen MR) is 89.1 cm³/mol. The molecule has 0 unspecified atom stereocenters. The first-order chi connectivity index (χ1) is 11.0. The lowest BCUT2D eigenvalue weighted by atomic mass is 9.89. The van der Waals surface area contributed by atoms with Crippen molar-refractivity contribution in [1.29, 1.82) is 0 Å². The smallest absolute Gasteiger partial charge is 0.214 e. The van der Waals surface area contributed by atoms with E-state index in [0.717, 1.165) is 4.47 Å². The van der Waals surface area contributed by atoms with Crippen LogP contribution < -0.4 is 0 Å². The van der Waals surface area contributed by atoms with Gasteiger partial charge in [0.1, 0.15) is 5.76 Å². The van der Waals surface area contributed by atoms with Crippen LogP contribution in [0, 0.1) is 10.1 Å². The molecular weight excluding hydrogens is 362 g/mol. The minimum atomic E-state index is -0.803. The number of nitro groups is 1. The van der Waals surface area contributed by atoms with Gasteiger partial charge in [-0.1, -0.05) is 52.3 Å². The predicted octanol–water partition coefficient (Wildman–Crippen LogP) is 3.98. The van der Waals surface area contributed by atoms with Crippen molar-refractivity contribution < 1.29 is 14.8 Å². The van der Waals surface area contributed by atoms with Gasteiger partial charge in [-0.3, -0.25) is 14.9 Å². The van der Waals surface area contributed by atoms with Gasteiger partial charge < -0.3 is 5.11 Å². The third kappa shape index (κ3) is 2.77. The highest BCUT2D eigenvalue weighted by Crippen LogP contribution is 2.39. The Labute approximate surface area is 140 Å². The summed E-state index contributed by atoms with van der Waals surface area (Å²) in [6.45, 7) is -0.463. The van der Waals surface area contributed by atoms with Gasteiger partial charge in [-0.25, -0.2) is 0 Å². The summed E-state index contributed by atoms with van der Waals surface area (Å²) in [6.07, 6.45) is 0. The third-order valence-electron chi connectivity index (χ3n) is 3.86. The third-order valence-corrected chi connectivity index (χ3v) is 4.35. The Kier molecular flexibility index (Phi) is 4.00. The molecule has 0 aromatic heterocycles. The van der Waals surface area contributed by atoms with E-state index < -0.39 is 17.4 Å². The molecule has 116 valence electrons. The average Bonchev–Trinajstić information content (AvgIpc) is 2.77. The van der Waals surface area contributed by atoms with Crippen molar-refractivity contribution >= 4 is 27.5 Å². The van der Waals surface area contributed by atoms with Gasteiger partial charge in [0.15, 0.2) is 5.78 Å². The molecule has 0 amide bonds. The highest BCUT2D eigenvalue weighted by atomic mass is 79.9. The second-order valence-corrected chi connectivity index (χ2v) is 6.18.